The Kier molecular flexibility index (Phi) is 5.88. The third-order valence-corrected chi connectivity index (χ3v) is 4.29. The number of likely N-dealkylation sites (tertiary alicyclic amines) is 1. The van der Waals surface area contributed by atoms with Gasteiger partial charge in [-0.05, 0) is 31.4 Å². The molecule has 0 radical (unpaired) electrons. The number of ether oxygens (including phenoxy) is 3. The summed E-state index contributed by atoms with van der Waals surface area (Å²) in [6.45, 7) is 3.22. The molecule has 0 bridgehead atoms. The fraction of sp³-hybridized carbons (Fsp3) is 0.421. The second-order valence-electron chi connectivity index (χ2n) is 6.19. The Bertz CT molecular complexity index is 736. The number of benzene rings is 1. The Hall–Kier alpha value is -2.83. The first-order valence-corrected chi connectivity index (χ1v) is 8.66. The standard InChI is InChI=1S/C19H23N3O4/c1-14-6-3-4-8-16(14)25-13-19(23)22-11-5-7-15(12-22)26-18-10-9-17(24-2)20-21-18/h3-4,6,8-10,15H,5,7,11-13H2,1-2H3. The van der Waals surface area contributed by atoms with Gasteiger partial charge in [-0.3, -0.25) is 4.79 Å². The van der Waals surface area contributed by atoms with E-state index in [1.165, 1.54) is 7.11 Å². The minimum absolute atomic E-state index is 0.0277. The summed E-state index contributed by atoms with van der Waals surface area (Å²) < 4.78 is 16.5. The van der Waals surface area contributed by atoms with Gasteiger partial charge in [0.05, 0.1) is 13.7 Å². The number of hydrogen-bond acceptors (Lipinski definition) is 6. The molecule has 1 amide bonds. The molecule has 7 heteroatoms. The highest BCUT2D eigenvalue weighted by Crippen LogP contribution is 2.19. The maximum absolute atomic E-state index is 12.5. The monoisotopic (exact) mass is 357 g/mol. The van der Waals surface area contributed by atoms with Crippen LogP contribution in [0.5, 0.6) is 17.5 Å². The minimum Gasteiger partial charge on any atom is -0.484 e. The van der Waals surface area contributed by atoms with Crippen LogP contribution in [0, 0.1) is 6.92 Å². The average molecular weight is 357 g/mol. The zero-order valence-electron chi connectivity index (χ0n) is 15.1. The highest BCUT2D eigenvalue weighted by molar-refractivity contribution is 5.78. The minimum atomic E-state index is -0.103. The van der Waals surface area contributed by atoms with Crippen LogP contribution in [0.4, 0.5) is 0 Å². The number of para-hydroxylation sites is 1. The van der Waals surface area contributed by atoms with Gasteiger partial charge >= 0.3 is 0 Å². The zero-order chi connectivity index (χ0) is 18.4. The van der Waals surface area contributed by atoms with Gasteiger partial charge in [-0.25, -0.2) is 0 Å². The average Bonchev–Trinajstić information content (AvgIpc) is 2.68. The molecule has 1 atom stereocenters. The summed E-state index contributed by atoms with van der Waals surface area (Å²) in [4.78, 5) is 14.2. The molecule has 1 fully saturated rings. The van der Waals surface area contributed by atoms with E-state index < -0.39 is 0 Å². The van der Waals surface area contributed by atoms with Crippen molar-refractivity contribution in [2.45, 2.75) is 25.9 Å². The normalized spacial score (nSPS) is 16.8. The van der Waals surface area contributed by atoms with Crippen molar-refractivity contribution in [3.05, 3.63) is 42.0 Å². The van der Waals surface area contributed by atoms with Crippen molar-refractivity contribution in [3.8, 4) is 17.5 Å². The van der Waals surface area contributed by atoms with E-state index in [0.29, 0.717) is 24.8 Å². The Morgan fingerprint density at radius 2 is 1.96 bits per heavy atom. The molecule has 0 N–H and O–H groups in total. The third-order valence-electron chi connectivity index (χ3n) is 4.29. The Morgan fingerprint density at radius 3 is 2.69 bits per heavy atom. The van der Waals surface area contributed by atoms with Crippen LogP contribution >= 0.6 is 0 Å². The molecule has 138 valence electrons. The molecule has 0 aliphatic carbocycles. The van der Waals surface area contributed by atoms with E-state index in [1.54, 1.807) is 17.0 Å². The number of aryl methyl sites for hydroxylation is 1. The van der Waals surface area contributed by atoms with Gasteiger partial charge < -0.3 is 19.1 Å². The summed E-state index contributed by atoms with van der Waals surface area (Å²) in [6, 6.07) is 11.1. The van der Waals surface area contributed by atoms with Gasteiger partial charge in [-0.2, -0.15) is 0 Å². The fourth-order valence-corrected chi connectivity index (χ4v) is 2.86. The van der Waals surface area contributed by atoms with E-state index in [2.05, 4.69) is 10.2 Å². The van der Waals surface area contributed by atoms with E-state index in [-0.39, 0.29) is 18.6 Å². The van der Waals surface area contributed by atoms with Crippen molar-refractivity contribution in [2.75, 3.05) is 26.8 Å². The molecule has 0 saturated carbocycles. The SMILES string of the molecule is COc1ccc(OC2CCCN(C(=O)COc3ccccc3C)C2)nn1. The second kappa shape index (κ2) is 8.51. The van der Waals surface area contributed by atoms with Crippen LogP contribution < -0.4 is 14.2 Å². The maximum Gasteiger partial charge on any atom is 0.260 e. The Morgan fingerprint density at radius 1 is 1.19 bits per heavy atom. The molecule has 3 rings (SSSR count). The first-order chi connectivity index (χ1) is 12.7. The van der Waals surface area contributed by atoms with Gasteiger partial charge in [-0.15, -0.1) is 10.2 Å². The quantitative estimate of drug-likeness (QED) is 0.789. The molecule has 1 saturated heterocycles. The van der Waals surface area contributed by atoms with E-state index >= 15 is 0 Å². The largest absolute Gasteiger partial charge is 0.484 e. The number of aromatic nitrogens is 2. The number of carbonyl (C=O) groups is 1. The molecule has 26 heavy (non-hydrogen) atoms. The molecule has 0 spiro atoms. The summed E-state index contributed by atoms with van der Waals surface area (Å²) >= 11 is 0. The molecule has 1 aliphatic heterocycles. The highest BCUT2D eigenvalue weighted by atomic mass is 16.5. The van der Waals surface area contributed by atoms with Gasteiger partial charge in [0.1, 0.15) is 11.9 Å². The van der Waals surface area contributed by atoms with E-state index in [9.17, 15) is 4.79 Å². The smallest absolute Gasteiger partial charge is 0.260 e. The third kappa shape index (κ3) is 4.62. The Balaban J connectivity index is 1.52. The first kappa shape index (κ1) is 18.0. The van der Waals surface area contributed by atoms with Crippen molar-refractivity contribution in [2.24, 2.45) is 0 Å². The number of rotatable bonds is 6. The summed E-state index contributed by atoms with van der Waals surface area (Å²) in [7, 11) is 1.54. The van der Waals surface area contributed by atoms with Gasteiger partial charge in [0.2, 0.25) is 11.8 Å². The second-order valence-corrected chi connectivity index (χ2v) is 6.19. The van der Waals surface area contributed by atoms with E-state index in [0.717, 1.165) is 24.2 Å². The van der Waals surface area contributed by atoms with Crippen LogP contribution in [0.2, 0.25) is 0 Å². The van der Waals surface area contributed by atoms with E-state index in [4.69, 9.17) is 14.2 Å². The highest BCUT2D eigenvalue weighted by Gasteiger charge is 2.25. The predicted octanol–water partition coefficient (Wildman–Crippen LogP) is 2.24. The van der Waals surface area contributed by atoms with Crippen LogP contribution in [0.25, 0.3) is 0 Å². The Labute approximate surface area is 152 Å². The predicted molar refractivity (Wildman–Crippen MR) is 95.5 cm³/mol. The van der Waals surface area contributed by atoms with Crippen molar-refractivity contribution in [3.63, 3.8) is 0 Å². The number of piperidine rings is 1. The summed E-state index contributed by atoms with van der Waals surface area (Å²) in [5, 5.41) is 7.86. The number of amides is 1. The molecule has 7 nitrogen and oxygen atoms in total. The van der Waals surface area contributed by atoms with Crippen molar-refractivity contribution in [1.29, 1.82) is 0 Å². The molecule has 1 aromatic heterocycles. The zero-order valence-corrected chi connectivity index (χ0v) is 15.1. The van der Waals surface area contributed by atoms with Gasteiger partial charge in [0.25, 0.3) is 5.91 Å². The summed E-state index contributed by atoms with van der Waals surface area (Å²) in [5.41, 5.74) is 1.01. The number of hydrogen-bond donors (Lipinski definition) is 0. The lowest BCUT2D eigenvalue weighted by atomic mass is 10.1. The van der Waals surface area contributed by atoms with Crippen LogP contribution in [-0.2, 0) is 4.79 Å². The number of carbonyl (C=O) groups excluding carboxylic acids is 1. The summed E-state index contributed by atoms with van der Waals surface area (Å²) in [5.74, 6) is 1.56. The van der Waals surface area contributed by atoms with Crippen LogP contribution in [0.15, 0.2) is 36.4 Å². The fourth-order valence-electron chi connectivity index (χ4n) is 2.86. The van der Waals surface area contributed by atoms with Crippen LogP contribution in [-0.4, -0.2) is 53.9 Å². The molecule has 1 aliphatic rings. The molecular weight excluding hydrogens is 334 g/mol. The summed E-state index contributed by atoms with van der Waals surface area (Å²) in [6.07, 6.45) is 1.65. The lowest BCUT2D eigenvalue weighted by molar-refractivity contribution is -0.136. The van der Waals surface area contributed by atoms with E-state index in [1.807, 2.05) is 31.2 Å². The molecule has 1 aromatic carbocycles. The van der Waals surface area contributed by atoms with Gasteiger partial charge in [-0.1, -0.05) is 18.2 Å². The lowest BCUT2D eigenvalue weighted by Gasteiger charge is -2.32. The van der Waals surface area contributed by atoms with Crippen LogP contribution in [0.1, 0.15) is 18.4 Å². The molecule has 1 unspecified atom stereocenters. The van der Waals surface area contributed by atoms with Crippen molar-refractivity contribution in [1.82, 2.24) is 15.1 Å². The van der Waals surface area contributed by atoms with Gasteiger partial charge in [0.15, 0.2) is 6.61 Å². The van der Waals surface area contributed by atoms with Crippen LogP contribution in [0.3, 0.4) is 0 Å². The first-order valence-electron chi connectivity index (χ1n) is 8.66. The maximum atomic E-state index is 12.5. The topological polar surface area (TPSA) is 73.8 Å². The molecular formula is C19H23N3O4. The number of nitrogens with zero attached hydrogens (tertiary/aromatic N) is 3. The number of methoxy groups -OCH3 is 1. The molecule has 2 heterocycles. The lowest BCUT2D eigenvalue weighted by Crippen LogP contribution is -2.46. The van der Waals surface area contributed by atoms with Crippen molar-refractivity contribution < 1.29 is 19.0 Å². The molecule has 2 aromatic rings. The van der Waals surface area contributed by atoms with Crippen molar-refractivity contribution >= 4 is 5.91 Å². The van der Waals surface area contributed by atoms with Gasteiger partial charge in [0, 0.05) is 18.7 Å².